The molecule has 1 aromatic rings. The SMILES string of the molecule is Cc1cccc(C(N)=S)c1N(C)C1CCCC1. The van der Waals surface area contributed by atoms with Gasteiger partial charge in [-0.2, -0.15) is 0 Å². The molecule has 0 heterocycles. The molecule has 0 aliphatic heterocycles. The van der Waals surface area contributed by atoms with Crippen LogP contribution < -0.4 is 10.6 Å². The minimum atomic E-state index is 0.494. The second-order valence-electron chi connectivity index (χ2n) is 4.88. The van der Waals surface area contributed by atoms with Crippen LogP contribution in [0.1, 0.15) is 36.8 Å². The molecule has 92 valence electrons. The van der Waals surface area contributed by atoms with Crippen LogP contribution in [0.2, 0.25) is 0 Å². The first-order chi connectivity index (χ1) is 8.11. The van der Waals surface area contributed by atoms with E-state index < -0.39 is 0 Å². The Morgan fingerprint density at radius 3 is 2.59 bits per heavy atom. The lowest BCUT2D eigenvalue weighted by Crippen LogP contribution is -2.31. The third-order valence-corrected chi connectivity index (χ3v) is 3.95. The van der Waals surface area contributed by atoms with Gasteiger partial charge in [0.2, 0.25) is 0 Å². The summed E-state index contributed by atoms with van der Waals surface area (Å²) >= 11 is 5.15. The van der Waals surface area contributed by atoms with Crippen molar-refractivity contribution < 1.29 is 0 Å². The zero-order chi connectivity index (χ0) is 12.4. The highest BCUT2D eigenvalue weighted by atomic mass is 32.1. The summed E-state index contributed by atoms with van der Waals surface area (Å²) in [5.41, 5.74) is 9.30. The van der Waals surface area contributed by atoms with Crippen molar-refractivity contribution in [2.24, 2.45) is 5.73 Å². The van der Waals surface area contributed by atoms with Crippen LogP contribution in [0.15, 0.2) is 18.2 Å². The topological polar surface area (TPSA) is 29.3 Å². The fourth-order valence-electron chi connectivity index (χ4n) is 2.80. The molecule has 2 N–H and O–H groups in total. The van der Waals surface area contributed by atoms with Gasteiger partial charge < -0.3 is 10.6 Å². The third kappa shape index (κ3) is 2.44. The van der Waals surface area contributed by atoms with Gasteiger partial charge in [0, 0.05) is 24.3 Å². The van der Waals surface area contributed by atoms with E-state index in [-0.39, 0.29) is 0 Å². The average molecular weight is 248 g/mol. The summed E-state index contributed by atoms with van der Waals surface area (Å²) in [5.74, 6) is 0. The number of aryl methyl sites for hydroxylation is 1. The van der Waals surface area contributed by atoms with Crippen LogP contribution >= 0.6 is 12.2 Å². The van der Waals surface area contributed by atoms with E-state index in [0.717, 1.165) is 5.56 Å². The fourth-order valence-corrected chi connectivity index (χ4v) is 2.96. The molecule has 1 fully saturated rings. The maximum absolute atomic E-state index is 5.82. The Kier molecular flexibility index (Phi) is 3.67. The van der Waals surface area contributed by atoms with Crippen molar-refractivity contribution in [3.8, 4) is 0 Å². The second kappa shape index (κ2) is 5.05. The van der Waals surface area contributed by atoms with Crippen LogP contribution in [0, 0.1) is 6.92 Å². The molecular formula is C14H20N2S. The zero-order valence-electron chi connectivity index (χ0n) is 10.6. The number of hydrogen-bond acceptors (Lipinski definition) is 2. The summed E-state index contributed by atoms with van der Waals surface area (Å²) < 4.78 is 0. The van der Waals surface area contributed by atoms with Crippen LogP contribution in [-0.4, -0.2) is 18.1 Å². The van der Waals surface area contributed by atoms with Gasteiger partial charge in [0.1, 0.15) is 4.99 Å². The van der Waals surface area contributed by atoms with Crippen LogP contribution in [0.3, 0.4) is 0 Å². The van der Waals surface area contributed by atoms with Gasteiger partial charge in [0.05, 0.1) is 0 Å². The Bertz CT molecular complexity index is 422. The number of rotatable bonds is 3. The van der Waals surface area contributed by atoms with Crippen molar-refractivity contribution in [1.29, 1.82) is 0 Å². The van der Waals surface area contributed by atoms with E-state index in [0.29, 0.717) is 11.0 Å². The fraction of sp³-hybridized carbons (Fsp3) is 0.500. The van der Waals surface area contributed by atoms with Gasteiger partial charge in [-0.1, -0.05) is 37.2 Å². The quantitative estimate of drug-likeness (QED) is 0.834. The first-order valence-corrected chi connectivity index (χ1v) is 6.64. The van der Waals surface area contributed by atoms with Crippen molar-refractivity contribution >= 4 is 22.9 Å². The van der Waals surface area contributed by atoms with Crippen LogP contribution in [0.4, 0.5) is 5.69 Å². The first kappa shape index (κ1) is 12.4. The standard InChI is InChI=1S/C14H20N2S/c1-10-6-5-9-12(14(15)17)13(10)16(2)11-7-3-4-8-11/h5-6,9,11H,3-4,7-8H2,1-2H3,(H2,15,17). The first-order valence-electron chi connectivity index (χ1n) is 6.23. The number of hydrogen-bond donors (Lipinski definition) is 1. The van der Waals surface area contributed by atoms with Crippen LogP contribution in [-0.2, 0) is 0 Å². The summed E-state index contributed by atoms with van der Waals surface area (Å²) in [5, 5.41) is 0. The summed E-state index contributed by atoms with van der Waals surface area (Å²) in [6.45, 7) is 2.13. The largest absolute Gasteiger partial charge is 0.389 e. The minimum absolute atomic E-state index is 0.494. The Balaban J connectivity index is 2.38. The van der Waals surface area contributed by atoms with E-state index >= 15 is 0 Å². The van der Waals surface area contributed by atoms with E-state index in [2.05, 4.69) is 24.9 Å². The molecule has 0 amide bonds. The normalized spacial score (nSPS) is 16.1. The molecule has 1 aliphatic carbocycles. The van der Waals surface area contributed by atoms with E-state index in [1.807, 2.05) is 12.1 Å². The number of para-hydroxylation sites is 1. The summed E-state index contributed by atoms with van der Waals surface area (Å²) in [7, 11) is 2.17. The Hall–Kier alpha value is -1.09. The number of nitrogens with two attached hydrogens (primary N) is 1. The maximum atomic E-state index is 5.82. The van der Waals surface area contributed by atoms with Gasteiger partial charge in [-0.3, -0.25) is 0 Å². The van der Waals surface area contributed by atoms with Crippen molar-refractivity contribution in [1.82, 2.24) is 0 Å². The lowest BCUT2D eigenvalue weighted by Gasteiger charge is -2.30. The van der Waals surface area contributed by atoms with Gasteiger partial charge in [-0.25, -0.2) is 0 Å². The number of benzene rings is 1. The molecule has 1 aliphatic rings. The molecule has 0 aromatic heterocycles. The number of thiocarbonyl (C=S) groups is 1. The highest BCUT2D eigenvalue weighted by Gasteiger charge is 2.23. The van der Waals surface area contributed by atoms with Gasteiger partial charge in [0.25, 0.3) is 0 Å². The molecule has 2 rings (SSSR count). The van der Waals surface area contributed by atoms with Crippen molar-refractivity contribution in [3.63, 3.8) is 0 Å². The minimum Gasteiger partial charge on any atom is -0.389 e. The molecule has 0 atom stereocenters. The molecule has 0 spiro atoms. The molecule has 1 saturated carbocycles. The van der Waals surface area contributed by atoms with E-state index in [4.69, 9.17) is 18.0 Å². The number of anilines is 1. The third-order valence-electron chi connectivity index (χ3n) is 3.73. The molecule has 0 bridgehead atoms. The monoisotopic (exact) mass is 248 g/mol. The van der Waals surface area contributed by atoms with Gasteiger partial charge in [0.15, 0.2) is 0 Å². The Morgan fingerprint density at radius 2 is 2.00 bits per heavy atom. The molecular weight excluding hydrogens is 228 g/mol. The predicted octanol–water partition coefficient (Wildman–Crippen LogP) is 3.01. The molecule has 0 radical (unpaired) electrons. The molecule has 17 heavy (non-hydrogen) atoms. The molecule has 0 saturated heterocycles. The summed E-state index contributed by atoms with van der Waals surface area (Å²) in [6.07, 6.45) is 5.23. The molecule has 0 unspecified atom stereocenters. The smallest absolute Gasteiger partial charge is 0.106 e. The van der Waals surface area contributed by atoms with Crippen molar-refractivity contribution in [3.05, 3.63) is 29.3 Å². The number of nitrogens with zero attached hydrogens (tertiary/aromatic N) is 1. The Morgan fingerprint density at radius 1 is 1.35 bits per heavy atom. The zero-order valence-corrected chi connectivity index (χ0v) is 11.4. The molecule has 2 nitrogen and oxygen atoms in total. The van der Waals surface area contributed by atoms with Gasteiger partial charge >= 0.3 is 0 Å². The lowest BCUT2D eigenvalue weighted by atomic mass is 10.0. The van der Waals surface area contributed by atoms with E-state index in [9.17, 15) is 0 Å². The van der Waals surface area contributed by atoms with E-state index in [1.165, 1.54) is 36.9 Å². The van der Waals surface area contributed by atoms with Gasteiger partial charge in [-0.15, -0.1) is 0 Å². The highest BCUT2D eigenvalue weighted by Crippen LogP contribution is 2.31. The van der Waals surface area contributed by atoms with E-state index in [1.54, 1.807) is 0 Å². The maximum Gasteiger partial charge on any atom is 0.106 e. The molecule has 3 heteroatoms. The highest BCUT2D eigenvalue weighted by molar-refractivity contribution is 7.80. The second-order valence-corrected chi connectivity index (χ2v) is 5.32. The Labute approximate surface area is 109 Å². The van der Waals surface area contributed by atoms with Crippen molar-refractivity contribution in [2.75, 3.05) is 11.9 Å². The average Bonchev–Trinajstić information content (AvgIpc) is 2.81. The lowest BCUT2D eigenvalue weighted by molar-refractivity contribution is 0.651. The van der Waals surface area contributed by atoms with Crippen LogP contribution in [0.5, 0.6) is 0 Å². The van der Waals surface area contributed by atoms with Gasteiger partial charge in [-0.05, 0) is 31.4 Å². The predicted molar refractivity (Wildman–Crippen MR) is 77.7 cm³/mol. The summed E-state index contributed by atoms with van der Waals surface area (Å²) in [6, 6.07) is 6.82. The van der Waals surface area contributed by atoms with Crippen LogP contribution in [0.25, 0.3) is 0 Å². The molecule has 1 aromatic carbocycles. The van der Waals surface area contributed by atoms with Crippen molar-refractivity contribution in [2.45, 2.75) is 38.6 Å². The summed E-state index contributed by atoms with van der Waals surface area (Å²) in [4.78, 5) is 2.87.